The first-order chi connectivity index (χ1) is 8.22. The fraction of sp³-hybridized carbons (Fsp3) is 0.833. The maximum atomic E-state index is 11.8. The number of ether oxygens (including phenoxy) is 1. The number of hydrogen-bond donors (Lipinski definition) is 1. The first kappa shape index (κ1) is 12.4. The highest BCUT2D eigenvalue weighted by Crippen LogP contribution is 2.23. The number of carbonyl (C=O) groups is 2. The summed E-state index contributed by atoms with van der Waals surface area (Å²) in [5.74, 6) is 0.342. The molecule has 1 atom stereocenters. The number of nitrogens with zero attached hydrogens (tertiary/aromatic N) is 1. The average Bonchev–Trinajstić information content (AvgIpc) is 2.72. The molecule has 2 aliphatic heterocycles. The summed E-state index contributed by atoms with van der Waals surface area (Å²) in [5.41, 5.74) is 0. The molecule has 0 radical (unpaired) electrons. The Morgan fingerprint density at radius 1 is 1.41 bits per heavy atom. The van der Waals surface area contributed by atoms with Crippen LogP contribution in [0.25, 0.3) is 0 Å². The van der Waals surface area contributed by atoms with Crippen molar-refractivity contribution in [3.8, 4) is 0 Å². The van der Waals surface area contributed by atoms with E-state index in [0.29, 0.717) is 25.3 Å². The van der Waals surface area contributed by atoms with Crippen molar-refractivity contribution in [3.63, 3.8) is 0 Å². The van der Waals surface area contributed by atoms with Gasteiger partial charge >= 0.3 is 5.97 Å². The Labute approximate surface area is 101 Å². The lowest BCUT2D eigenvalue weighted by Crippen LogP contribution is -2.44. The van der Waals surface area contributed by atoms with Gasteiger partial charge in [-0.25, -0.2) is 4.79 Å². The van der Waals surface area contributed by atoms with E-state index in [1.54, 1.807) is 4.90 Å². The molecule has 0 saturated carbocycles. The zero-order valence-corrected chi connectivity index (χ0v) is 10.3. The summed E-state index contributed by atoms with van der Waals surface area (Å²) in [7, 11) is 1.38. The highest BCUT2D eigenvalue weighted by Gasteiger charge is 2.37. The van der Waals surface area contributed by atoms with Gasteiger partial charge in [0, 0.05) is 13.0 Å². The Morgan fingerprint density at radius 3 is 2.76 bits per heavy atom. The van der Waals surface area contributed by atoms with Gasteiger partial charge in [-0.2, -0.15) is 0 Å². The summed E-state index contributed by atoms with van der Waals surface area (Å²) >= 11 is 0. The maximum absolute atomic E-state index is 11.8. The molecule has 2 saturated heterocycles. The molecule has 1 amide bonds. The molecule has 2 rings (SSSR count). The van der Waals surface area contributed by atoms with Crippen LogP contribution in [0.5, 0.6) is 0 Å². The van der Waals surface area contributed by atoms with Gasteiger partial charge in [-0.3, -0.25) is 4.79 Å². The molecule has 2 aliphatic rings. The van der Waals surface area contributed by atoms with Gasteiger partial charge in [0.25, 0.3) is 0 Å². The van der Waals surface area contributed by atoms with E-state index in [1.807, 2.05) is 0 Å². The van der Waals surface area contributed by atoms with E-state index in [1.165, 1.54) is 7.11 Å². The second-order valence-electron chi connectivity index (χ2n) is 4.82. The Hall–Kier alpha value is -1.10. The highest BCUT2D eigenvalue weighted by molar-refractivity contribution is 5.88. The van der Waals surface area contributed by atoms with Crippen molar-refractivity contribution >= 4 is 11.9 Å². The number of nitrogens with one attached hydrogen (secondary N) is 1. The molecule has 96 valence electrons. The minimum atomic E-state index is -0.345. The summed E-state index contributed by atoms with van der Waals surface area (Å²) in [6, 6.07) is -0.345. The van der Waals surface area contributed by atoms with E-state index >= 15 is 0 Å². The summed E-state index contributed by atoms with van der Waals surface area (Å²) in [4.78, 5) is 25.1. The third-order valence-corrected chi connectivity index (χ3v) is 3.72. The number of amides is 1. The van der Waals surface area contributed by atoms with Crippen LogP contribution in [0.15, 0.2) is 0 Å². The Morgan fingerprint density at radius 2 is 2.12 bits per heavy atom. The van der Waals surface area contributed by atoms with Crippen molar-refractivity contribution in [2.45, 2.75) is 31.7 Å². The summed E-state index contributed by atoms with van der Waals surface area (Å²) in [6.45, 7) is 2.73. The summed E-state index contributed by atoms with van der Waals surface area (Å²) in [5, 5.41) is 3.30. The first-order valence-electron chi connectivity index (χ1n) is 6.30. The van der Waals surface area contributed by atoms with Crippen LogP contribution in [0.3, 0.4) is 0 Å². The highest BCUT2D eigenvalue weighted by atomic mass is 16.5. The van der Waals surface area contributed by atoms with Crippen molar-refractivity contribution in [2.24, 2.45) is 5.92 Å². The molecule has 0 bridgehead atoms. The van der Waals surface area contributed by atoms with Gasteiger partial charge in [0.15, 0.2) is 0 Å². The molecule has 5 nitrogen and oxygen atoms in total. The fourth-order valence-electron chi connectivity index (χ4n) is 2.69. The lowest BCUT2D eigenvalue weighted by molar-refractivity contribution is -0.149. The van der Waals surface area contributed by atoms with Gasteiger partial charge in [-0.05, 0) is 38.3 Å². The zero-order valence-electron chi connectivity index (χ0n) is 10.3. The second-order valence-corrected chi connectivity index (χ2v) is 4.82. The second kappa shape index (κ2) is 5.49. The van der Waals surface area contributed by atoms with E-state index in [0.717, 1.165) is 25.9 Å². The molecule has 2 fully saturated rings. The molecular weight excluding hydrogens is 220 g/mol. The molecule has 0 unspecified atom stereocenters. The quantitative estimate of drug-likeness (QED) is 0.713. The van der Waals surface area contributed by atoms with Crippen molar-refractivity contribution in [3.05, 3.63) is 0 Å². The normalized spacial score (nSPS) is 26.3. The largest absolute Gasteiger partial charge is 0.467 e. The molecule has 0 aromatic heterocycles. The van der Waals surface area contributed by atoms with Crippen LogP contribution in [0.1, 0.15) is 25.7 Å². The van der Waals surface area contributed by atoms with Gasteiger partial charge in [0.2, 0.25) is 5.91 Å². The smallest absolute Gasteiger partial charge is 0.328 e. The number of methoxy groups -OCH3 is 1. The van der Waals surface area contributed by atoms with Crippen molar-refractivity contribution < 1.29 is 14.3 Å². The van der Waals surface area contributed by atoms with Crippen LogP contribution in [-0.4, -0.2) is 49.6 Å². The first-order valence-corrected chi connectivity index (χ1v) is 6.30. The third-order valence-electron chi connectivity index (χ3n) is 3.72. The monoisotopic (exact) mass is 240 g/mol. The Balaban J connectivity index is 1.95. The number of piperidine rings is 1. The Kier molecular flexibility index (Phi) is 3.99. The molecule has 2 heterocycles. The van der Waals surface area contributed by atoms with E-state index in [-0.39, 0.29) is 17.9 Å². The third kappa shape index (κ3) is 2.77. The minimum absolute atomic E-state index is 0.0962. The predicted molar refractivity (Wildman–Crippen MR) is 62.3 cm³/mol. The van der Waals surface area contributed by atoms with Crippen LogP contribution < -0.4 is 5.32 Å². The minimum Gasteiger partial charge on any atom is -0.467 e. The number of esters is 1. The maximum Gasteiger partial charge on any atom is 0.328 e. The number of rotatable bonds is 3. The Bertz CT molecular complexity index is 300. The lowest BCUT2D eigenvalue weighted by Gasteiger charge is -2.30. The van der Waals surface area contributed by atoms with Gasteiger partial charge in [0.05, 0.1) is 7.11 Å². The lowest BCUT2D eigenvalue weighted by atomic mass is 9.97. The van der Waals surface area contributed by atoms with Crippen molar-refractivity contribution in [2.75, 3.05) is 26.7 Å². The van der Waals surface area contributed by atoms with Crippen LogP contribution >= 0.6 is 0 Å². The fourth-order valence-corrected chi connectivity index (χ4v) is 2.69. The van der Waals surface area contributed by atoms with Crippen LogP contribution in [-0.2, 0) is 14.3 Å². The number of likely N-dealkylation sites (tertiary alicyclic amines) is 1. The van der Waals surface area contributed by atoms with Gasteiger partial charge in [-0.15, -0.1) is 0 Å². The van der Waals surface area contributed by atoms with E-state index in [2.05, 4.69) is 5.32 Å². The topological polar surface area (TPSA) is 58.6 Å². The molecule has 0 aromatic carbocycles. The van der Waals surface area contributed by atoms with E-state index < -0.39 is 0 Å². The summed E-state index contributed by atoms with van der Waals surface area (Å²) in [6.07, 6.45) is 3.25. The number of hydrogen-bond acceptors (Lipinski definition) is 4. The van der Waals surface area contributed by atoms with Crippen LogP contribution in [0.2, 0.25) is 0 Å². The van der Waals surface area contributed by atoms with Gasteiger partial charge in [0.1, 0.15) is 6.04 Å². The van der Waals surface area contributed by atoms with Crippen LogP contribution in [0.4, 0.5) is 0 Å². The molecule has 1 N–H and O–H groups in total. The molecule has 0 aliphatic carbocycles. The molecule has 5 heteroatoms. The molecular formula is C12H20N2O3. The van der Waals surface area contributed by atoms with Crippen molar-refractivity contribution in [1.82, 2.24) is 10.2 Å². The number of carbonyl (C=O) groups excluding carboxylic acids is 2. The van der Waals surface area contributed by atoms with Crippen LogP contribution in [0, 0.1) is 5.92 Å². The SMILES string of the molecule is COC(=O)[C@H]1CCC(=O)N1CC1CCNCC1. The van der Waals surface area contributed by atoms with E-state index in [4.69, 9.17) is 4.74 Å². The van der Waals surface area contributed by atoms with Crippen molar-refractivity contribution in [1.29, 1.82) is 0 Å². The van der Waals surface area contributed by atoms with Gasteiger partial charge < -0.3 is 15.0 Å². The van der Waals surface area contributed by atoms with Gasteiger partial charge in [-0.1, -0.05) is 0 Å². The standard InChI is InChI=1S/C12H20N2O3/c1-17-12(16)10-2-3-11(15)14(10)8-9-4-6-13-7-5-9/h9-10,13H,2-8H2,1H3/t10-/m1/s1. The summed E-state index contributed by atoms with van der Waals surface area (Å²) < 4.78 is 4.76. The van der Waals surface area contributed by atoms with E-state index in [9.17, 15) is 9.59 Å². The molecule has 17 heavy (non-hydrogen) atoms. The average molecular weight is 240 g/mol. The predicted octanol–water partition coefficient (Wildman–Crippen LogP) is 0.150. The molecule has 0 spiro atoms. The zero-order chi connectivity index (χ0) is 12.3. The molecule has 0 aromatic rings.